The van der Waals surface area contributed by atoms with Crippen LogP contribution in [0.4, 0.5) is 4.39 Å². The van der Waals surface area contributed by atoms with Gasteiger partial charge in [-0.3, -0.25) is 0 Å². The fraction of sp³-hybridized carbons (Fsp3) is 0.588. The molecule has 2 unspecified atom stereocenters. The highest BCUT2D eigenvalue weighted by atomic mass is 35.5. The molecule has 0 spiro atoms. The van der Waals surface area contributed by atoms with E-state index in [1.165, 1.54) is 25.3 Å². The van der Waals surface area contributed by atoms with Gasteiger partial charge < -0.3 is 4.57 Å². The van der Waals surface area contributed by atoms with E-state index in [0.29, 0.717) is 29.3 Å². The Morgan fingerprint density at radius 3 is 2.81 bits per heavy atom. The molecule has 1 saturated carbocycles. The summed E-state index contributed by atoms with van der Waals surface area (Å²) in [5, 5.41) is 0. The van der Waals surface area contributed by atoms with E-state index in [2.05, 4.69) is 23.4 Å². The molecule has 3 rings (SSSR count). The number of rotatable bonds is 3. The van der Waals surface area contributed by atoms with E-state index in [-0.39, 0.29) is 5.82 Å². The average Bonchev–Trinajstić information content (AvgIpc) is 2.87. The number of benzene rings is 1. The van der Waals surface area contributed by atoms with Gasteiger partial charge in [-0.05, 0) is 36.8 Å². The molecule has 1 aliphatic carbocycles. The Hall–Kier alpha value is -1.09. The zero-order chi connectivity index (χ0) is 15.0. The van der Waals surface area contributed by atoms with Crippen molar-refractivity contribution in [2.24, 2.45) is 11.8 Å². The van der Waals surface area contributed by atoms with Crippen LogP contribution in [0.1, 0.15) is 51.4 Å². The number of hydrogen-bond acceptors (Lipinski definition) is 1. The molecule has 2 aromatic rings. The lowest BCUT2D eigenvalue weighted by Crippen LogP contribution is -2.28. The van der Waals surface area contributed by atoms with Crippen LogP contribution in [0.15, 0.2) is 18.2 Å². The summed E-state index contributed by atoms with van der Waals surface area (Å²) in [6.45, 7) is 4.56. The van der Waals surface area contributed by atoms with Gasteiger partial charge in [-0.25, -0.2) is 9.37 Å². The Morgan fingerprint density at radius 2 is 2.10 bits per heavy atom. The fourth-order valence-corrected chi connectivity index (χ4v) is 4.02. The fourth-order valence-electron chi connectivity index (χ4n) is 3.83. The molecule has 1 fully saturated rings. The second-order valence-corrected chi connectivity index (χ2v) is 6.67. The van der Waals surface area contributed by atoms with Crippen molar-refractivity contribution >= 4 is 22.6 Å². The number of fused-ring (bicyclic) bond motifs is 1. The maximum absolute atomic E-state index is 14.0. The number of para-hydroxylation sites is 1. The molecule has 1 aliphatic rings. The zero-order valence-electron chi connectivity index (χ0n) is 12.6. The molecule has 0 radical (unpaired) electrons. The van der Waals surface area contributed by atoms with Gasteiger partial charge in [-0.1, -0.05) is 32.8 Å². The van der Waals surface area contributed by atoms with E-state index < -0.39 is 0 Å². The maximum atomic E-state index is 14.0. The summed E-state index contributed by atoms with van der Waals surface area (Å²) in [6.07, 6.45) is 4.88. The highest BCUT2D eigenvalue weighted by Crippen LogP contribution is 2.41. The largest absolute Gasteiger partial charge is 0.323 e. The second-order valence-electron chi connectivity index (χ2n) is 6.40. The van der Waals surface area contributed by atoms with Gasteiger partial charge in [0.15, 0.2) is 5.82 Å². The molecule has 1 aromatic heterocycles. The Morgan fingerprint density at radius 1 is 1.33 bits per heavy atom. The first-order chi connectivity index (χ1) is 10.1. The van der Waals surface area contributed by atoms with E-state index in [9.17, 15) is 4.39 Å². The monoisotopic (exact) mass is 308 g/mol. The van der Waals surface area contributed by atoms with Gasteiger partial charge in [-0.15, -0.1) is 11.6 Å². The van der Waals surface area contributed by atoms with Crippen LogP contribution in [-0.4, -0.2) is 9.55 Å². The van der Waals surface area contributed by atoms with Crippen LogP contribution in [-0.2, 0) is 5.88 Å². The van der Waals surface area contributed by atoms with Crippen LogP contribution in [0.25, 0.3) is 11.0 Å². The van der Waals surface area contributed by atoms with E-state index in [1.54, 1.807) is 6.07 Å². The van der Waals surface area contributed by atoms with Crippen molar-refractivity contribution in [2.75, 3.05) is 0 Å². The molecule has 1 heterocycles. The van der Waals surface area contributed by atoms with Crippen molar-refractivity contribution in [2.45, 2.75) is 51.5 Å². The Bertz CT molecular complexity index is 635. The van der Waals surface area contributed by atoms with Gasteiger partial charge in [0.1, 0.15) is 11.3 Å². The SMILES string of the molecule is CC(C)C1CCCCC1n1c(CCl)nc2c(F)cccc21. The van der Waals surface area contributed by atoms with Crippen molar-refractivity contribution in [3.8, 4) is 0 Å². The predicted molar refractivity (Wildman–Crippen MR) is 85.1 cm³/mol. The summed E-state index contributed by atoms with van der Waals surface area (Å²) in [5.74, 6) is 2.10. The van der Waals surface area contributed by atoms with Crippen LogP contribution < -0.4 is 0 Å². The number of imidazole rings is 1. The molecular weight excluding hydrogens is 287 g/mol. The smallest absolute Gasteiger partial charge is 0.151 e. The van der Waals surface area contributed by atoms with Crippen molar-refractivity contribution in [3.05, 3.63) is 29.8 Å². The molecule has 0 aliphatic heterocycles. The molecule has 4 heteroatoms. The van der Waals surface area contributed by atoms with E-state index >= 15 is 0 Å². The van der Waals surface area contributed by atoms with E-state index in [4.69, 9.17) is 11.6 Å². The zero-order valence-corrected chi connectivity index (χ0v) is 13.4. The topological polar surface area (TPSA) is 17.8 Å². The van der Waals surface area contributed by atoms with Crippen LogP contribution in [0, 0.1) is 17.7 Å². The summed E-state index contributed by atoms with van der Waals surface area (Å²) < 4.78 is 16.2. The van der Waals surface area contributed by atoms with E-state index in [1.807, 2.05) is 6.07 Å². The van der Waals surface area contributed by atoms with Crippen molar-refractivity contribution < 1.29 is 4.39 Å². The minimum absolute atomic E-state index is 0.255. The quantitative estimate of drug-likeness (QED) is 0.703. The lowest BCUT2D eigenvalue weighted by atomic mass is 9.77. The van der Waals surface area contributed by atoms with Crippen LogP contribution in [0.3, 0.4) is 0 Å². The van der Waals surface area contributed by atoms with Crippen LogP contribution in [0.2, 0.25) is 0 Å². The Balaban J connectivity index is 2.15. The average molecular weight is 309 g/mol. The third-order valence-corrected chi connectivity index (χ3v) is 5.07. The number of alkyl halides is 1. The van der Waals surface area contributed by atoms with Gasteiger partial charge in [0.05, 0.1) is 11.4 Å². The number of aromatic nitrogens is 2. The first kappa shape index (κ1) is 14.8. The number of nitrogens with zero attached hydrogens (tertiary/aromatic N) is 2. The highest BCUT2D eigenvalue weighted by molar-refractivity contribution is 6.16. The van der Waals surface area contributed by atoms with Gasteiger partial charge in [0, 0.05) is 6.04 Å². The summed E-state index contributed by atoms with van der Waals surface area (Å²) in [6, 6.07) is 5.59. The van der Waals surface area contributed by atoms with Crippen molar-refractivity contribution in [1.29, 1.82) is 0 Å². The second kappa shape index (κ2) is 5.96. The van der Waals surface area contributed by atoms with Crippen molar-refractivity contribution in [1.82, 2.24) is 9.55 Å². The van der Waals surface area contributed by atoms with E-state index in [0.717, 1.165) is 17.8 Å². The molecular formula is C17H22ClFN2. The maximum Gasteiger partial charge on any atom is 0.151 e. The minimum atomic E-state index is -0.255. The Labute approximate surface area is 130 Å². The standard InChI is InChI=1S/C17H22ClFN2/c1-11(2)12-6-3-4-8-14(12)21-15-9-5-7-13(19)17(15)20-16(21)10-18/h5,7,9,11-12,14H,3-4,6,8,10H2,1-2H3. The molecule has 0 N–H and O–H groups in total. The highest BCUT2D eigenvalue weighted by Gasteiger charge is 2.31. The molecule has 1 aromatic carbocycles. The summed E-state index contributed by atoms with van der Waals surface area (Å²) in [4.78, 5) is 4.46. The van der Waals surface area contributed by atoms with Gasteiger partial charge >= 0.3 is 0 Å². The van der Waals surface area contributed by atoms with Gasteiger partial charge in [-0.2, -0.15) is 0 Å². The molecule has 0 bridgehead atoms. The first-order valence-electron chi connectivity index (χ1n) is 7.84. The molecule has 0 saturated heterocycles. The molecule has 2 atom stereocenters. The van der Waals surface area contributed by atoms with Gasteiger partial charge in [0.2, 0.25) is 0 Å². The summed E-state index contributed by atoms with van der Waals surface area (Å²) >= 11 is 6.10. The molecule has 2 nitrogen and oxygen atoms in total. The predicted octanol–water partition coefficient (Wildman–Crippen LogP) is 5.30. The minimum Gasteiger partial charge on any atom is -0.323 e. The Kier molecular flexibility index (Phi) is 4.21. The lowest BCUT2D eigenvalue weighted by molar-refractivity contribution is 0.185. The number of halogens is 2. The number of hydrogen-bond donors (Lipinski definition) is 0. The van der Waals surface area contributed by atoms with Crippen LogP contribution in [0.5, 0.6) is 0 Å². The summed E-state index contributed by atoms with van der Waals surface area (Å²) in [5.41, 5.74) is 1.35. The van der Waals surface area contributed by atoms with Gasteiger partial charge in [0.25, 0.3) is 0 Å². The van der Waals surface area contributed by atoms with Crippen LogP contribution >= 0.6 is 11.6 Å². The summed E-state index contributed by atoms with van der Waals surface area (Å²) in [7, 11) is 0. The molecule has 114 valence electrons. The first-order valence-corrected chi connectivity index (χ1v) is 8.38. The lowest BCUT2D eigenvalue weighted by Gasteiger charge is -2.36. The third-order valence-electron chi connectivity index (χ3n) is 4.83. The third kappa shape index (κ3) is 2.57. The molecule has 21 heavy (non-hydrogen) atoms. The molecule has 0 amide bonds. The van der Waals surface area contributed by atoms with Crippen molar-refractivity contribution in [3.63, 3.8) is 0 Å². The normalized spacial score (nSPS) is 23.1.